The molecule has 2 heteroatoms. The highest BCUT2D eigenvalue weighted by atomic mass is 16.5. The second-order valence-corrected chi connectivity index (χ2v) is 3.24. The molecule has 1 fully saturated rings. The molecule has 0 amide bonds. The highest BCUT2D eigenvalue weighted by Gasteiger charge is 2.33. The molecule has 1 rings (SSSR count). The van der Waals surface area contributed by atoms with Gasteiger partial charge in [-0.25, -0.2) is 5.21 Å². The lowest BCUT2D eigenvalue weighted by molar-refractivity contribution is -1.11. The highest BCUT2D eigenvalue weighted by molar-refractivity contribution is 4.51. The molecule has 0 saturated carbocycles. The zero-order valence-electron chi connectivity index (χ0n) is 6.30. The van der Waals surface area contributed by atoms with Crippen LogP contribution in [0, 0.1) is 0 Å². The van der Waals surface area contributed by atoms with Crippen LogP contribution in [0.1, 0.15) is 26.7 Å². The summed E-state index contributed by atoms with van der Waals surface area (Å²) in [6.07, 6.45) is 2.38. The van der Waals surface area contributed by atoms with E-state index < -0.39 is 0 Å². The summed E-state index contributed by atoms with van der Waals surface area (Å²) >= 11 is 0. The standard InChI is InChI=1S/C7H16NO/c1-7(2)8(9)5-3-4-6-8/h7,9H,3-6H2,1-2H3/q+1. The first-order valence-corrected chi connectivity index (χ1v) is 3.75. The van der Waals surface area contributed by atoms with Gasteiger partial charge in [0.25, 0.3) is 0 Å². The van der Waals surface area contributed by atoms with E-state index in [4.69, 9.17) is 0 Å². The van der Waals surface area contributed by atoms with Gasteiger partial charge in [-0.05, 0) is 13.8 Å². The second kappa shape index (κ2) is 2.27. The predicted molar refractivity (Wildman–Crippen MR) is 36.2 cm³/mol. The van der Waals surface area contributed by atoms with Gasteiger partial charge in [0, 0.05) is 12.8 Å². The third kappa shape index (κ3) is 1.25. The molecule has 0 radical (unpaired) electrons. The van der Waals surface area contributed by atoms with Crippen molar-refractivity contribution in [2.75, 3.05) is 13.1 Å². The van der Waals surface area contributed by atoms with E-state index >= 15 is 0 Å². The maximum absolute atomic E-state index is 9.71. The fraction of sp³-hybridized carbons (Fsp3) is 1.00. The van der Waals surface area contributed by atoms with Gasteiger partial charge in [-0.2, -0.15) is 4.65 Å². The average molecular weight is 130 g/mol. The van der Waals surface area contributed by atoms with Gasteiger partial charge < -0.3 is 0 Å². The third-order valence-corrected chi connectivity index (χ3v) is 2.30. The normalized spacial score (nSPS) is 25.3. The average Bonchev–Trinajstić information content (AvgIpc) is 2.16. The molecule has 1 N–H and O–H groups in total. The molecule has 1 aliphatic rings. The van der Waals surface area contributed by atoms with Crippen LogP contribution in [0.5, 0.6) is 0 Å². The fourth-order valence-corrected chi connectivity index (χ4v) is 1.40. The minimum absolute atomic E-state index is 0.306. The summed E-state index contributed by atoms with van der Waals surface area (Å²) in [6, 6.07) is 0.382. The molecule has 9 heavy (non-hydrogen) atoms. The summed E-state index contributed by atoms with van der Waals surface area (Å²) in [5.74, 6) is 0. The number of quaternary nitrogens is 1. The van der Waals surface area contributed by atoms with Crippen LogP contribution in [0.2, 0.25) is 0 Å². The first-order valence-electron chi connectivity index (χ1n) is 3.75. The van der Waals surface area contributed by atoms with Gasteiger partial charge in [0.2, 0.25) is 0 Å². The van der Waals surface area contributed by atoms with Crippen molar-refractivity contribution in [2.45, 2.75) is 32.7 Å². The lowest BCUT2D eigenvalue weighted by Crippen LogP contribution is -2.47. The Labute approximate surface area is 56.6 Å². The van der Waals surface area contributed by atoms with Crippen LogP contribution in [-0.2, 0) is 0 Å². The van der Waals surface area contributed by atoms with Crippen LogP contribution in [-0.4, -0.2) is 29.0 Å². The van der Waals surface area contributed by atoms with Crippen molar-refractivity contribution in [2.24, 2.45) is 0 Å². The molecule has 0 spiro atoms. The van der Waals surface area contributed by atoms with Crippen molar-refractivity contribution in [3.63, 3.8) is 0 Å². The minimum atomic E-state index is 0.306. The maximum atomic E-state index is 9.71. The van der Waals surface area contributed by atoms with Crippen LogP contribution < -0.4 is 0 Å². The third-order valence-electron chi connectivity index (χ3n) is 2.30. The maximum Gasteiger partial charge on any atom is 0.113 e. The molecule has 54 valence electrons. The van der Waals surface area contributed by atoms with Gasteiger partial charge in [0.15, 0.2) is 0 Å². The molecule has 1 heterocycles. The number of likely N-dealkylation sites (tertiary alicyclic amines) is 1. The van der Waals surface area contributed by atoms with Crippen molar-refractivity contribution < 1.29 is 9.85 Å². The highest BCUT2D eigenvalue weighted by Crippen LogP contribution is 2.19. The molecular weight excluding hydrogens is 114 g/mol. The van der Waals surface area contributed by atoms with Crippen molar-refractivity contribution in [3.8, 4) is 0 Å². The Morgan fingerprint density at radius 1 is 1.22 bits per heavy atom. The predicted octanol–water partition coefficient (Wildman–Crippen LogP) is 1.39. The second-order valence-electron chi connectivity index (χ2n) is 3.24. The first kappa shape index (κ1) is 7.03. The summed E-state index contributed by atoms with van der Waals surface area (Å²) < 4.78 is 0.306. The Morgan fingerprint density at radius 2 is 1.67 bits per heavy atom. The van der Waals surface area contributed by atoms with Gasteiger partial charge >= 0.3 is 0 Å². The van der Waals surface area contributed by atoms with Crippen molar-refractivity contribution >= 4 is 0 Å². The monoisotopic (exact) mass is 130 g/mol. The smallest absolute Gasteiger partial charge is 0.113 e. The van der Waals surface area contributed by atoms with E-state index in [1.54, 1.807) is 0 Å². The van der Waals surface area contributed by atoms with E-state index in [9.17, 15) is 5.21 Å². The lowest BCUT2D eigenvalue weighted by atomic mass is 10.3. The number of hydrogen-bond acceptors (Lipinski definition) is 1. The van der Waals surface area contributed by atoms with E-state index in [1.165, 1.54) is 12.8 Å². The molecule has 0 bridgehead atoms. The molecule has 0 unspecified atom stereocenters. The van der Waals surface area contributed by atoms with Crippen molar-refractivity contribution in [1.29, 1.82) is 0 Å². The lowest BCUT2D eigenvalue weighted by Gasteiger charge is -2.28. The Balaban J connectivity index is 2.51. The largest absolute Gasteiger partial charge is 0.217 e. The molecule has 2 nitrogen and oxygen atoms in total. The van der Waals surface area contributed by atoms with E-state index in [0.717, 1.165) is 13.1 Å². The molecule has 1 aliphatic heterocycles. The van der Waals surface area contributed by atoms with Gasteiger partial charge in [0.05, 0.1) is 0 Å². The molecular formula is C7H16NO+. The first-order chi connectivity index (χ1) is 4.15. The van der Waals surface area contributed by atoms with Crippen molar-refractivity contribution in [3.05, 3.63) is 0 Å². The molecule has 0 aromatic rings. The summed E-state index contributed by atoms with van der Waals surface area (Å²) in [5, 5.41) is 9.71. The summed E-state index contributed by atoms with van der Waals surface area (Å²) in [6.45, 7) is 6.06. The van der Waals surface area contributed by atoms with Crippen LogP contribution >= 0.6 is 0 Å². The Hall–Kier alpha value is -0.0800. The molecule has 0 atom stereocenters. The number of nitrogens with zero attached hydrogens (tertiary/aromatic N) is 1. The van der Waals surface area contributed by atoms with Gasteiger partial charge in [-0.15, -0.1) is 0 Å². The number of hydroxylamine groups is 3. The summed E-state index contributed by atoms with van der Waals surface area (Å²) in [7, 11) is 0. The quantitative estimate of drug-likeness (QED) is 0.532. The zero-order chi connectivity index (χ0) is 6.91. The van der Waals surface area contributed by atoms with E-state index in [0.29, 0.717) is 10.7 Å². The number of hydrogen-bond donors (Lipinski definition) is 1. The Kier molecular flexibility index (Phi) is 1.78. The van der Waals surface area contributed by atoms with Gasteiger partial charge in [0.1, 0.15) is 19.1 Å². The zero-order valence-corrected chi connectivity index (χ0v) is 6.30. The minimum Gasteiger partial charge on any atom is -0.217 e. The van der Waals surface area contributed by atoms with Gasteiger partial charge in [-0.1, -0.05) is 0 Å². The summed E-state index contributed by atoms with van der Waals surface area (Å²) in [5.41, 5.74) is 0. The van der Waals surface area contributed by atoms with Gasteiger partial charge in [-0.3, -0.25) is 0 Å². The van der Waals surface area contributed by atoms with Crippen LogP contribution in [0.15, 0.2) is 0 Å². The Bertz CT molecular complexity index is 95.1. The molecule has 0 aromatic heterocycles. The van der Waals surface area contributed by atoms with E-state index in [2.05, 4.69) is 13.8 Å². The topological polar surface area (TPSA) is 20.2 Å². The van der Waals surface area contributed by atoms with Crippen LogP contribution in [0.4, 0.5) is 0 Å². The summed E-state index contributed by atoms with van der Waals surface area (Å²) in [4.78, 5) is 0. The molecule has 1 saturated heterocycles. The number of rotatable bonds is 1. The van der Waals surface area contributed by atoms with E-state index in [1.807, 2.05) is 0 Å². The Morgan fingerprint density at radius 3 is 1.89 bits per heavy atom. The SMILES string of the molecule is CC(C)[N+]1(O)CCCC1. The van der Waals surface area contributed by atoms with Crippen LogP contribution in [0.25, 0.3) is 0 Å². The van der Waals surface area contributed by atoms with E-state index in [-0.39, 0.29) is 0 Å². The van der Waals surface area contributed by atoms with Crippen LogP contribution in [0.3, 0.4) is 0 Å². The van der Waals surface area contributed by atoms with Crippen molar-refractivity contribution in [1.82, 2.24) is 0 Å². The fourth-order valence-electron chi connectivity index (χ4n) is 1.40. The molecule has 0 aliphatic carbocycles. The molecule has 0 aromatic carbocycles.